The summed E-state index contributed by atoms with van der Waals surface area (Å²) in [6, 6.07) is 0. The lowest BCUT2D eigenvalue weighted by atomic mass is 9.77. The van der Waals surface area contributed by atoms with Gasteiger partial charge in [0.2, 0.25) is 5.91 Å². The van der Waals surface area contributed by atoms with Gasteiger partial charge in [-0.1, -0.05) is 0 Å². The molecule has 0 saturated heterocycles. The summed E-state index contributed by atoms with van der Waals surface area (Å²) in [7, 11) is 1.66. The molecule has 13 heavy (non-hydrogen) atoms. The highest BCUT2D eigenvalue weighted by Gasteiger charge is 2.38. The van der Waals surface area contributed by atoms with Gasteiger partial charge in [0.25, 0.3) is 0 Å². The van der Waals surface area contributed by atoms with Crippen molar-refractivity contribution in [3.05, 3.63) is 0 Å². The zero-order chi connectivity index (χ0) is 9.73. The first-order valence-corrected chi connectivity index (χ1v) is 4.68. The van der Waals surface area contributed by atoms with E-state index in [1.807, 2.05) is 6.92 Å². The molecule has 1 aliphatic carbocycles. The average Bonchev–Trinajstić information content (AvgIpc) is 2.08. The standard InChI is InChI=1S/C9H17NO3/c1-3-13-10-8(11)7-9(12-2)5-4-6-9/h3-7H2,1-2H3,(H,10,11). The molecule has 1 rings (SSSR count). The van der Waals surface area contributed by atoms with E-state index in [1.54, 1.807) is 7.11 Å². The molecular formula is C9H17NO3. The van der Waals surface area contributed by atoms with E-state index in [0.717, 1.165) is 19.3 Å². The van der Waals surface area contributed by atoms with Crippen LogP contribution < -0.4 is 5.48 Å². The third kappa shape index (κ3) is 2.67. The molecule has 1 saturated carbocycles. The zero-order valence-corrected chi connectivity index (χ0v) is 8.26. The fourth-order valence-electron chi connectivity index (χ4n) is 1.51. The van der Waals surface area contributed by atoms with Crippen LogP contribution in [0.2, 0.25) is 0 Å². The Morgan fingerprint density at radius 2 is 2.23 bits per heavy atom. The first-order valence-electron chi connectivity index (χ1n) is 4.68. The van der Waals surface area contributed by atoms with Crippen molar-refractivity contribution in [2.75, 3.05) is 13.7 Å². The molecule has 1 N–H and O–H groups in total. The molecule has 4 nitrogen and oxygen atoms in total. The highest BCUT2D eigenvalue weighted by atomic mass is 16.6. The topological polar surface area (TPSA) is 47.6 Å². The average molecular weight is 187 g/mol. The molecule has 0 aliphatic heterocycles. The smallest absolute Gasteiger partial charge is 0.246 e. The second-order valence-electron chi connectivity index (χ2n) is 3.38. The molecule has 0 unspecified atom stereocenters. The van der Waals surface area contributed by atoms with Crippen LogP contribution in [-0.2, 0) is 14.4 Å². The third-order valence-corrected chi connectivity index (χ3v) is 2.51. The van der Waals surface area contributed by atoms with E-state index in [1.165, 1.54) is 0 Å². The number of nitrogens with one attached hydrogen (secondary N) is 1. The fourth-order valence-corrected chi connectivity index (χ4v) is 1.51. The van der Waals surface area contributed by atoms with E-state index < -0.39 is 0 Å². The SMILES string of the molecule is CCONC(=O)CC1(OC)CCC1. The Morgan fingerprint density at radius 3 is 2.62 bits per heavy atom. The lowest BCUT2D eigenvalue weighted by molar-refractivity contribution is -0.145. The van der Waals surface area contributed by atoms with Crippen molar-refractivity contribution in [2.24, 2.45) is 0 Å². The van der Waals surface area contributed by atoms with Gasteiger partial charge < -0.3 is 4.74 Å². The van der Waals surface area contributed by atoms with Crippen LogP contribution in [-0.4, -0.2) is 25.2 Å². The van der Waals surface area contributed by atoms with Gasteiger partial charge in [-0.2, -0.15) is 0 Å². The van der Waals surface area contributed by atoms with Gasteiger partial charge in [0.1, 0.15) is 0 Å². The summed E-state index contributed by atoms with van der Waals surface area (Å²) in [6.07, 6.45) is 3.51. The van der Waals surface area contributed by atoms with Gasteiger partial charge in [-0.15, -0.1) is 0 Å². The molecule has 0 aromatic rings. The highest BCUT2D eigenvalue weighted by molar-refractivity contribution is 5.76. The summed E-state index contributed by atoms with van der Waals surface area (Å²) < 4.78 is 5.31. The van der Waals surface area contributed by atoms with Crippen LogP contribution in [0.5, 0.6) is 0 Å². The van der Waals surface area contributed by atoms with Gasteiger partial charge in [0.15, 0.2) is 0 Å². The predicted molar refractivity (Wildman–Crippen MR) is 48.0 cm³/mol. The summed E-state index contributed by atoms with van der Waals surface area (Å²) in [5.41, 5.74) is 2.16. The first kappa shape index (κ1) is 10.5. The maximum atomic E-state index is 11.3. The quantitative estimate of drug-likeness (QED) is 0.653. The summed E-state index contributed by atoms with van der Waals surface area (Å²) in [6.45, 7) is 2.32. The lowest BCUT2D eigenvalue weighted by Gasteiger charge is -2.39. The van der Waals surface area contributed by atoms with Crippen molar-refractivity contribution in [2.45, 2.75) is 38.2 Å². The summed E-state index contributed by atoms with van der Waals surface area (Å²) in [5.74, 6) is -0.0941. The number of hydroxylamine groups is 1. The van der Waals surface area contributed by atoms with E-state index in [-0.39, 0.29) is 11.5 Å². The number of amides is 1. The molecule has 0 spiro atoms. The Balaban J connectivity index is 2.25. The van der Waals surface area contributed by atoms with Crippen molar-refractivity contribution in [1.29, 1.82) is 0 Å². The molecule has 4 heteroatoms. The Bertz CT molecular complexity index is 172. The molecule has 0 radical (unpaired) electrons. The normalized spacial score (nSPS) is 19.2. The first-order chi connectivity index (χ1) is 6.22. The molecule has 1 fully saturated rings. The Kier molecular flexibility index (Phi) is 3.69. The number of methoxy groups -OCH3 is 1. The second-order valence-corrected chi connectivity index (χ2v) is 3.38. The van der Waals surface area contributed by atoms with Crippen LogP contribution in [0.3, 0.4) is 0 Å². The van der Waals surface area contributed by atoms with Crippen LogP contribution in [0.1, 0.15) is 32.6 Å². The Morgan fingerprint density at radius 1 is 1.54 bits per heavy atom. The second kappa shape index (κ2) is 4.58. The van der Waals surface area contributed by atoms with E-state index in [2.05, 4.69) is 5.48 Å². The monoisotopic (exact) mass is 187 g/mol. The van der Waals surface area contributed by atoms with Crippen molar-refractivity contribution in [3.8, 4) is 0 Å². The van der Waals surface area contributed by atoms with Crippen LogP contribution in [0.15, 0.2) is 0 Å². The van der Waals surface area contributed by atoms with E-state index in [0.29, 0.717) is 13.0 Å². The van der Waals surface area contributed by atoms with E-state index in [9.17, 15) is 4.79 Å². The molecule has 0 aromatic heterocycles. The molecule has 0 heterocycles. The molecule has 76 valence electrons. The van der Waals surface area contributed by atoms with Crippen molar-refractivity contribution in [1.82, 2.24) is 5.48 Å². The number of hydrogen-bond donors (Lipinski definition) is 1. The minimum absolute atomic E-state index is 0.0941. The van der Waals surface area contributed by atoms with Crippen LogP contribution in [0, 0.1) is 0 Å². The molecule has 0 bridgehead atoms. The maximum Gasteiger partial charge on any atom is 0.246 e. The molecular weight excluding hydrogens is 170 g/mol. The molecule has 1 aliphatic rings. The van der Waals surface area contributed by atoms with Gasteiger partial charge in [-0.25, -0.2) is 5.48 Å². The minimum Gasteiger partial charge on any atom is -0.378 e. The largest absolute Gasteiger partial charge is 0.378 e. The number of carbonyl (C=O) groups is 1. The molecule has 0 atom stereocenters. The summed E-state index contributed by atoms with van der Waals surface area (Å²) >= 11 is 0. The van der Waals surface area contributed by atoms with Gasteiger partial charge >= 0.3 is 0 Å². The predicted octanol–water partition coefficient (Wildman–Crippen LogP) is 1.01. The number of rotatable bonds is 5. The lowest BCUT2D eigenvalue weighted by Crippen LogP contribution is -2.43. The minimum atomic E-state index is -0.207. The zero-order valence-electron chi connectivity index (χ0n) is 8.26. The van der Waals surface area contributed by atoms with Crippen molar-refractivity contribution in [3.63, 3.8) is 0 Å². The van der Waals surface area contributed by atoms with Gasteiger partial charge in [0.05, 0.1) is 18.6 Å². The summed E-state index contributed by atoms with van der Waals surface area (Å²) in [4.78, 5) is 16.1. The number of hydrogen-bond acceptors (Lipinski definition) is 3. The fraction of sp³-hybridized carbons (Fsp3) is 0.889. The van der Waals surface area contributed by atoms with Crippen LogP contribution >= 0.6 is 0 Å². The molecule has 1 amide bonds. The van der Waals surface area contributed by atoms with Crippen molar-refractivity contribution >= 4 is 5.91 Å². The van der Waals surface area contributed by atoms with E-state index in [4.69, 9.17) is 9.57 Å². The summed E-state index contributed by atoms with van der Waals surface area (Å²) in [5, 5.41) is 0. The highest BCUT2D eigenvalue weighted by Crippen LogP contribution is 2.37. The van der Waals surface area contributed by atoms with Crippen molar-refractivity contribution < 1.29 is 14.4 Å². The Labute approximate surface area is 78.5 Å². The van der Waals surface area contributed by atoms with Crippen LogP contribution in [0.25, 0.3) is 0 Å². The van der Waals surface area contributed by atoms with E-state index >= 15 is 0 Å². The Hall–Kier alpha value is -0.610. The number of ether oxygens (including phenoxy) is 1. The van der Waals surface area contributed by atoms with Gasteiger partial charge in [-0.05, 0) is 26.2 Å². The van der Waals surface area contributed by atoms with Gasteiger partial charge in [0, 0.05) is 7.11 Å². The van der Waals surface area contributed by atoms with Crippen LogP contribution in [0.4, 0.5) is 0 Å². The number of carbonyl (C=O) groups excluding carboxylic acids is 1. The third-order valence-electron chi connectivity index (χ3n) is 2.51. The molecule has 0 aromatic carbocycles. The van der Waals surface area contributed by atoms with Gasteiger partial charge in [-0.3, -0.25) is 9.63 Å². The maximum absolute atomic E-state index is 11.3.